The summed E-state index contributed by atoms with van der Waals surface area (Å²) in [4.78, 5) is 15.1. The zero-order chi connectivity index (χ0) is 21.5. The van der Waals surface area contributed by atoms with Gasteiger partial charge in [0.05, 0.1) is 0 Å². The minimum atomic E-state index is -1.04. The standard InChI is InChI=1S/C25H21ClN2O2/c1-17(15-18(2)28-25(29)30)20-6-3-19(4-7-20)5-13-24-14-10-22(16-27-24)21-8-11-23(26)12-9-21/h3-4,6-12,14-16,18,28H,1-2H3,(H,29,30)/b17-15-/t18-/m1/s1. The number of pyridine rings is 1. The first kappa shape index (κ1) is 21.2. The van der Waals surface area contributed by atoms with E-state index in [1.54, 1.807) is 13.1 Å². The van der Waals surface area contributed by atoms with E-state index in [2.05, 4.69) is 22.1 Å². The number of hydrogen-bond acceptors (Lipinski definition) is 2. The Bertz CT molecular complexity index is 1110. The van der Waals surface area contributed by atoms with Crippen LogP contribution in [0.15, 0.2) is 72.9 Å². The van der Waals surface area contributed by atoms with Crippen molar-refractivity contribution in [2.75, 3.05) is 0 Å². The molecule has 0 radical (unpaired) electrons. The molecule has 2 aromatic carbocycles. The fraction of sp³-hybridized carbons (Fsp3) is 0.120. The molecule has 0 unspecified atom stereocenters. The van der Waals surface area contributed by atoms with E-state index in [1.165, 1.54) is 0 Å². The van der Waals surface area contributed by atoms with Gasteiger partial charge in [0.2, 0.25) is 0 Å². The molecule has 0 saturated carbocycles. The first-order chi connectivity index (χ1) is 14.4. The van der Waals surface area contributed by atoms with Crippen LogP contribution in [0.5, 0.6) is 0 Å². The van der Waals surface area contributed by atoms with Crippen LogP contribution in [0, 0.1) is 11.8 Å². The minimum Gasteiger partial charge on any atom is -0.465 e. The van der Waals surface area contributed by atoms with Crippen molar-refractivity contribution in [3.05, 3.63) is 94.8 Å². The van der Waals surface area contributed by atoms with Crippen molar-refractivity contribution in [2.45, 2.75) is 19.9 Å². The summed E-state index contributed by atoms with van der Waals surface area (Å²) in [5, 5.41) is 11.9. The highest BCUT2D eigenvalue weighted by Gasteiger charge is 2.03. The number of nitrogens with one attached hydrogen (secondary N) is 1. The lowest BCUT2D eigenvalue weighted by Gasteiger charge is -2.08. The molecular formula is C25H21ClN2O2. The summed E-state index contributed by atoms with van der Waals surface area (Å²) in [7, 11) is 0. The molecule has 0 bridgehead atoms. The zero-order valence-electron chi connectivity index (χ0n) is 16.7. The molecule has 5 heteroatoms. The molecule has 0 aliphatic heterocycles. The quantitative estimate of drug-likeness (QED) is 0.523. The third-order valence-corrected chi connectivity index (χ3v) is 4.72. The van der Waals surface area contributed by atoms with E-state index in [-0.39, 0.29) is 6.04 Å². The van der Waals surface area contributed by atoms with Crippen LogP contribution >= 0.6 is 11.6 Å². The average Bonchev–Trinajstić information content (AvgIpc) is 2.73. The van der Waals surface area contributed by atoms with Crippen LogP contribution in [0.25, 0.3) is 16.7 Å². The Morgan fingerprint density at radius 2 is 1.70 bits per heavy atom. The van der Waals surface area contributed by atoms with Gasteiger partial charge in [-0.1, -0.05) is 53.9 Å². The molecule has 1 atom stereocenters. The number of aromatic nitrogens is 1. The molecule has 1 aromatic heterocycles. The molecule has 0 fully saturated rings. The number of hydrogen-bond donors (Lipinski definition) is 2. The zero-order valence-corrected chi connectivity index (χ0v) is 17.4. The largest absolute Gasteiger partial charge is 0.465 e. The van der Waals surface area contributed by atoms with Gasteiger partial charge in [0.15, 0.2) is 0 Å². The Kier molecular flexibility index (Phi) is 6.90. The van der Waals surface area contributed by atoms with Crippen molar-refractivity contribution in [3.63, 3.8) is 0 Å². The molecule has 2 N–H and O–H groups in total. The van der Waals surface area contributed by atoms with E-state index in [0.717, 1.165) is 27.8 Å². The SMILES string of the molecule is C/C(=C/[C@@H](C)NC(=O)O)c1ccc(C#Cc2ccc(-c3ccc(Cl)cc3)cn2)cc1. The van der Waals surface area contributed by atoms with Crippen LogP contribution in [0.2, 0.25) is 5.02 Å². The second-order valence-electron chi connectivity index (χ2n) is 6.85. The number of allylic oxidation sites excluding steroid dienone is 1. The maximum atomic E-state index is 10.7. The van der Waals surface area contributed by atoms with Gasteiger partial charge in [-0.2, -0.15) is 0 Å². The highest BCUT2D eigenvalue weighted by molar-refractivity contribution is 6.30. The summed E-state index contributed by atoms with van der Waals surface area (Å²) < 4.78 is 0. The molecule has 1 heterocycles. The normalized spacial score (nSPS) is 11.9. The molecule has 3 aromatic rings. The van der Waals surface area contributed by atoms with Crippen LogP contribution in [-0.2, 0) is 0 Å². The van der Waals surface area contributed by atoms with Crippen LogP contribution < -0.4 is 5.32 Å². The van der Waals surface area contributed by atoms with Gasteiger partial charge in [0.25, 0.3) is 0 Å². The van der Waals surface area contributed by atoms with E-state index in [9.17, 15) is 4.79 Å². The molecule has 30 heavy (non-hydrogen) atoms. The fourth-order valence-corrected chi connectivity index (χ4v) is 3.07. The lowest BCUT2D eigenvalue weighted by atomic mass is 10.0. The van der Waals surface area contributed by atoms with Gasteiger partial charge in [-0.3, -0.25) is 0 Å². The summed E-state index contributed by atoms with van der Waals surface area (Å²) in [6, 6.07) is 19.1. The third kappa shape index (κ3) is 5.97. The first-order valence-corrected chi connectivity index (χ1v) is 9.81. The second-order valence-corrected chi connectivity index (χ2v) is 7.29. The Morgan fingerprint density at radius 1 is 1.03 bits per heavy atom. The van der Waals surface area contributed by atoms with Gasteiger partial charge in [-0.15, -0.1) is 0 Å². The number of halogens is 1. The van der Waals surface area contributed by atoms with E-state index in [0.29, 0.717) is 10.7 Å². The molecule has 0 aliphatic carbocycles. The molecule has 0 aliphatic rings. The van der Waals surface area contributed by atoms with Crippen molar-refractivity contribution in [3.8, 4) is 23.0 Å². The lowest BCUT2D eigenvalue weighted by molar-refractivity contribution is 0.193. The molecule has 3 rings (SSSR count). The van der Waals surface area contributed by atoms with Crippen molar-refractivity contribution in [1.29, 1.82) is 0 Å². The van der Waals surface area contributed by atoms with Gasteiger partial charge in [-0.05, 0) is 66.8 Å². The predicted octanol–water partition coefficient (Wildman–Crippen LogP) is 5.86. The van der Waals surface area contributed by atoms with Crippen LogP contribution in [0.3, 0.4) is 0 Å². The maximum absolute atomic E-state index is 10.7. The smallest absolute Gasteiger partial charge is 0.405 e. The number of rotatable bonds is 4. The van der Waals surface area contributed by atoms with Crippen LogP contribution in [0.4, 0.5) is 4.79 Å². The summed E-state index contributed by atoms with van der Waals surface area (Å²) in [6.07, 6.45) is 2.64. The average molecular weight is 417 g/mol. The highest BCUT2D eigenvalue weighted by Crippen LogP contribution is 2.21. The topological polar surface area (TPSA) is 62.2 Å². The van der Waals surface area contributed by atoms with E-state index in [1.807, 2.05) is 73.7 Å². The molecule has 0 saturated heterocycles. The Balaban J connectivity index is 1.68. The first-order valence-electron chi connectivity index (χ1n) is 9.43. The number of nitrogens with zero attached hydrogens (tertiary/aromatic N) is 1. The van der Waals surface area contributed by atoms with Crippen molar-refractivity contribution < 1.29 is 9.90 Å². The van der Waals surface area contributed by atoms with Gasteiger partial charge >= 0.3 is 6.09 Å². The molecule has 1 amide bonds. The van der Waals surface area contributed by atoms with E-state index in [4.69, 9.17) is 16.7 Å². The Morgan fingerprint density at radius 3 is 2.30 bits per heavy atom. The predicted molar refractivity (Wildman–Crippen MR) is 121 cm³/mol. The number of carboxylic acid groups (broad SMARTS) is 1. The monoisotopic (exact) mass is 416 g/mol. The van der Waals surface area contributed by atoms with Gasteiger partial charge in [0, 0.05) is 28.4 Å². The molecule has 4 nitrogen and oxygen atoms in total. The van der Waals surface area contributed by atoms with Crippen molar-refractivity contribution in [2.24, 2.45) is 0 Å². The van der Waals surface area contributed by atoms with Gasteiger partial charge < -0.3 is 10.4 Å². The minimum absolute atomic E-state index is 0.260. The van der Waals surface area contributed by atoms with E-state index >= 15 is 0 Å². The van der Waals surface area contributed by atoms with Gasteiger partial charge in [0.1, 0.15) is 5.69 Å². The number of carbonyl (C=O) groups is 1. The molecule has 0 spiro atoms. The van der Waals surface area contributed by atoms with E-state index < -0.39 is 6.09 Å². The fourth-order valence-electron chi connectivity index (χ4n) is 2.94. The summed E-state index contributed by atoms with van der Waals surface area (Å²) in [6.45, 7) is 3.75. The van der Waals surface area contributed by atoms with Gasteiger partial charge in [-0.25, -0.2) is 9.78 Å². The molecular weight excluding hydrogens is 396 g/mol. The summed E-state index contributed by atoms with van der Waals surface area (Å²) in [5.74, 6) is 6.20. The lowest BCUT2D eigenvalue weighted by Crippen LogP contribution is -2.29. The molecule has 150 valence electrons. The Labute approximate surface area is 181 Å². The second kappa shape index (κ2) is 9.78. The number of amides is 1. The van der Waals surface area contributed by atoms with Crippen molar-refractivity contribution in [1.82, 2.24) is 10.3 Å². The van der Waals surface area contributed by atoms with Crippen molar-refractivity contribution >= 4 is 23.3 Å². The summed E-state index contributed by atoms with van der Waals surface area (Å²) in [5.41, 5.74) is 5.65. The Hall–Kier alpha value is -3.55. The maximum Gasteiger partial charge on any atom is 0.405 e. The highest BCUT2D eigenvalue weighted by atomic mass is 35.5. The van der Waals surface area contributed by atoms with Crippen LogP contribution in [0.1, 0.15) is 30.7 Å². The number of benzene rings is 2. The van der Waals surface area contributed by atoms with Crippen LogP contribution in [-0.4, -0.2) is 22.2 Å². The third-order valence-electron chi connectivity index (χ3n) is 4.47. The summed E-state index contributed by atoms with van der Waals surface area (Å²) >= 11 is 5.93.